The van der Waals surface area contributed by atoms with Crippen molar-refractivity contribution in [3.8, 4) is 0 Å². The molecule has 1 N–H and O–H groups in total. The van der Waals surface area contributed by atoms with Gasteiger partial charge in [-0.1, -0.05) is 31.0 Å². The fourth-order valence-corrected chi connectivity index (χ4v) is 6.10. The molecule has 5 rings (SSSR count). The highest BCUT2D eigenvalue weighted by atomic mass is 16.2. The van der Waals surface area contributed by atoms with Crippen LogP contribution >= 0.6 is 0 Å². The van der Waals surface area contributed by atoms with Gasteiger partial charge in [0.05, 0.1) is 5.41 Å². The van der Waals surface area contributed by atoms with Gasteiger partial charge in [0, 0.05) is 37.8 Å². The van der Waals surface area contributed by atoms with Crippen LogP contribution in [0.5, 0.6) is 0 Å². The molecule has 2 atom stereocenters. The lowest BCUT2D eigenvalue weighted by Crippen LogP contribution is -2.53. The Hall–Kier alpha value is -1.88. The normalized spacial score (nSPS) is 30.2. The number of nitrogens with zero attached hydrogens (tertiary/aromatic N) is 2. The SMILES string of the molecule is O=C(C1CCN(C(=O)[C@@]23CCCC[C@H]2CNC3)CC1)N1CCc2ccccc21. The van der Waals surface area contributed by atoms with E-state index in [0.717, 1.165) is 64.1 Å². The third-order valence-corrected chi connectivity index (χ3v) is 7.75. The first kappa shape index (κ1) is 18.2. The van der Waals surface area contributed by atoms with E-state index in [-0.39, 0.29) is 17.2 Å². The summed E-state index contributed by atoms with van der Waals surface area (Å²) in [6.07, 6.45) is 7.21. The van der Waals surface area contributed by atoms with Gasteiger partial charge in [-0.25, -0.2) is 0 Å². The van der Waals surface area contributed by atoms with Gasteiger partial charge in [-0.3, -0.25) is 9.59 Å². The number of hydrogen-bond acceptors (Lipinski definition) is 3. The topological polar surface area (TPSA) is 52.7 Å². The predicted octanol–water partition coefficient (Wildman–Crippen LogP) is 2.59. The Kier molecular flexibility index (Phi) is 4.66. The fraction of sp³-hybridized carbons (Fsp3) is 0.652. The zero-order valence-electron chi connectivity index (χ0n) is 16.7. The zero-order valence-corrected chi connectivity index (χ0v) is 16.7. The van der Waals surface area contributed by atoms with E-state index in [4.69, 9.17) is 0 Å². The summed E-state index contributed by atoms with van der Waals surface area (Å²) in [5, 5.41) is 3.49. The molecule has 5 nitrogen and oxygen atoms in total. The molecule has 2 amide bonds. The lowest BCUT2D eigenvalue weighted by molar-refractivity contribution is -0.147. The highest BCUT2D eigenvalue weighted by Crippen LogP contribution is 2.45. The van der Waals surface area contributed by atoms with Crippen LogP contribution in [0, 0.1) is 17.3 Å². The second-order valence-electron chi connectivity index (χ2n) is 9.16. The van der Waals surface area contributed by atoms with E-state index in [1.54, 1.807) is 0 Å². The van der Waals surface area contributed by atoms with Crippen molar-refractivity contribution >= 4 is 17.5 Å². The number of benzene rings is 1. The molecular weight excluding hydrogens is 350 g/mol. The maximum absolute atomic E-state index is 13.4. The average Bonchev–Trinajstić information content (AvgIpc) is 3.38. The van der Waals surface area contributed by atoms with Crippen molar-refractivity contribution in [3.05, 3.63) is 29.8 Å². The Labute approximate surface area is 167 Å². The molecule has 3 aliphatic heterocycles. The first-order valence-corrected chi connectivity index (χ1v) is 11.1. The van der Waals surface area contributed by atoms with Gasteiger partial charge in [-0.05, 0) is 56.2 Å². The van der Waals surface area contributed by atoms with Crippen molar-refractivity contribution < 1.29 is 9.59 Å². The van der Waals surface area contributed by atoms with E-state index in [9.17, 15) is 9.59 Å². The molecule has 0 unspecified atom stereocenters. The minimum atomic E-state index is -0.164. The van der Waals surface area contributed by atoms with Crippen LogP contribution in [-0.2, 0) is 16.0 Å². The molecule has 1 aliphatic carbocycles. The molecule has 3 heterocycles. The van der Waals surface area contributed by atoms with Gasteiger partial charge in [-0.15, -0.1) is 0 Å². The molecule has 1 saturated carbocycles. The van der Waals surface area contributed by atoms with Crippen LogP contribution in [0.2, 0.25) is 0 Å². The number of carbonyl (C=O) groups excluding carboxylic acids is 2. The van der Waals surface area contributed by atoms with E-state index in [2.05, 4.69) is 22.3 Å². The number of hydrogen-bond donors (Lipinski definition) is 1. The molecule has 4 aliphatic rings. The smallest absolute Gasteiger partial charge is 0.230 e. The third-order valence-electron chi connectivity index (χ3n) is 7.75. The van der Waals surface area contributed by atoms with Crippen LogP contribution in [-0.4, -0.2) is 49.4 Å². The summed E-state index contributed by atoms with van der Waals surface area (Å²) in [5.74, 6) is 1.18. The zero-order chi connectivity index (χ0) is 19.1. The second-order valence-corrected chi connectivity index (χ2v) is 9.16. The molecule has 0 aromatic heterocycles. The quantitative estimate of drug-likeness (QED) is 0.857. The van der Waals surface area contributed by atoms with E-state index < -0.39 is 0 Å². The Balaban J connectivity index is 1.23. The summed E-state index contributed by atoms with van der Waals surface area (Å²) < 4.78 is 0. The minimum absolute atomic E-state index is 0.0524. The maximum Gasteiger partial charge on any atom is 0.230 e. The van der Waals surface area contributed by atoms with Crippen LogP contribution in [0.25, 0.3) is 0 Å². The number of nitrogens with one attached hydrogen (secondary N) is 1. The summed E-state index contributed by atoms with van der Waals surface area (Å²) >= 11 is 0. The van der Waals surface area contributed by atoms with Crippen molar-refractivity contribution in [2.24, 2.45) is 17.3 Å². The van der Waals surface area contributed by atoms with Crippen molar-refractivity contribution in [1.29, 1.82) is 0 Å². The standard InChI is InChI=1S/C23H31N3O2/c27-21(26-14-10-17-5-1-2-7-20(17)26)18-8-12-25(13-9-18)22(28)23-11-4-3-6-19(23)15-24-16-23/h1-2,5,7,18-19,24H,3-4,6,8-16H2/t19-,23+/m0/s1. The van der Waals surface area contributed by atoms with Gasteiger partial charge in [0.1, 0.15) is 0 Å². The van der Waals surface area contributed by atoms with E-state index in [1.165, 1.54) is 24.8 Å². The minimum Gasteiger partial charge on any atom is -0.342 e. The van der Waals surface area contributed by atoms with Crippen molar-refractivity contribution in [2.45, 2.75) is 44.9 Å². The molecule has 5 heteroatoms. The van der Waals surface area contributed by atoms with Crippen LogP contribution < -0.4 is 10.2 Å². The summed E-state index contributed by atoms with van der Waals surface area (Å²) in [6, 6.07) is 8.25. The first-order chi connectivity index (χ1) is 13.7. The first-order valence-electron chi connectivity index (χ1n) is 11.1. The fourth-order valence-electron chi connectivity index (χ4n) is 6.10. The van der Waals surface area contributed by atoms with Gasteiger partial charge in [-0.2, -0.15) is 0 Å². The molecule has 2 saturated heterocycles. The summed E-state index contributed by atoms with van der Waals surface area (Å²) in [7, 11) is 0. The van der Waals surface area contributed by atoms with Crippen LogP contribution in [0.1, 0.15) is 44.1 Å². The van der Waals surface area contributed by atoms with Gasteiger partial charge < -0.3 is 15.1 Å². The molecule has 150 valence electrons. The van der Waals surface area contributed by atoms with Crippen molar-refractivity contribution in [1.82, 2.24) is 10.2 Å². The molecule has 28 heavy (non-hydrogen) atoms. The highest BCUT2D eigenvalue weighted by molar-refractivity contribution is 5.97. The molecule has 1 aromatic carbocycles. The highest BCUT2D eigenvalue weighted by Gasteiger charge is 2.51. The molecule has 3 fully saturated rings. The van der Waals surface area contributed by atoms with Gasteiger partial charge in [0.25, 0.3) is 0 Å². The Morgan fingerprint density at radius 1 is 1.04 bits per heavy atom. The van der Waals surface area contributed by atoms with E-state index >= 15 is 0 Å². The van der Waals surface area contributed by atoms with E-state index in [0.29, 0.717) is 11.8 Å². The van der Waals surface area contributed by atoms with Crippen molar-refractivity contribution in [3.63, 3.8) is 0 Å². The molecule has 1 aromatic rings. The third kappa shape index (κ3) is 2.86. The number of piperidine rings is 1. The maximum atomic E-state index is 13.4. The number of para-hydroxylation sites is 1. The summed E-state index contributed by atoms with van der Waals surface area (Å²) in [5.41, 5.74) is 2.20. The van der Waals surface area contributed by atoms with Gasteiger partial charge in [0.15, 0.2) is 0 Å². The van der Waals surface area contributed by atoms with Crippen LogP contribution in [0.3, 0.4) is 0 Å². The van der Waals surface area contributed by atoms with Crippen LogP contribution in [0.15, 0.2) is 24.3 Å². The molecule has 0 spiro atoms. The monoisotopic (exact) mass is 381 g/mol. The number of fused-ring (bicyclic) bond motifs is 2. The molecule has 0 bridgehead atoms. The average molecular weight is 382 g/mol. The summed E-state index contributed by atoms with van der Waals surface area (Å²) in [4.78, 5) is 30.6. The Bertz CT molecular complexity index is 771. The number of likely N-dealkylation sites (tertiary alicyclic amines) is 1. The van der Waals surface area contributed by atoms with Crippen molar-refractivity contribution in [2.75, 3.05) is 37.6 Å². The predicted molar refractivity (Wildman–Crippen MR) is 109 cm³/mol. The Morgan fingerprint density at radius 2 is 1.86 bits per heavy atom. The number of amides is 2. The largest absolute Gasteiger partial charge is 0.342 e. The number of anilines is 1. The van der Waals surface area contributed by atoms with Crippen LogP contribution in [0.4, 0.5) is 5.69 Å². The van der Waals surface area contributed by atoms with Gasteiger partial charge >= 0.3 is 0 Å². The Morgan fingerprint density at radius 3 is 2.71 bits per heavy atom. The molecule has 0 radical (unpaired) electrons. The van der Waals surface area contributed by atoms with Gasteiger partial charge in [0.2, 0.25) is 11.8 Å². The lowest BCUT2D eigenvalue weighted by atomic mass is 9.67. The number of rotatable bonds is 2. The van der Waals surface area contributed by atoms with E-state index in [1.807, 2.05) is 17.0 Å². The molecular formula is C23H31N3O2. The lowest BCUT2D eigenvalue weighted by Gasteiger charge is -2.43. The second kappa shape index (κ2) is 7.18. The number of carbonyl (C=O) groups is 2. The summed E-state index contributed by atoms with van der Waals surface area (Å²) in [6.45, 7) is 4.11.